The summed E-state index contributed by atoms with van der Waals surface area (Å²) in [5.74, 6) is -1.74. The van der Waals surface area contributed by atoms with Crippen LogP contribution in [0, 0.1) is 0 Å². The smallest absolute Gasteiger partial charge is 0.359 e. The van der Waals surface area contributed by atoms with Crippen LogP contribution in [0.4, 0.5) is 0 Å². The Morgan fingerprint density at radius 2 is 2.11 bits per heavy atom. The topological polar surface area (TPSA) is 88.1 Å². The molecule has 19 heavy (non-hydrogen) atoms. The molecule has 1 atom stereocenters. The Kier molecular flexibility index (Phi) is 2.41. The van der Waals surface area contributed by atoms with Gasteiger partial charge < -0.3 is 18.9 Å². The summed E-state index contributed by atoms with van der Waals surface area (Å²) < 4.78 is 19.7. The van der Waals surface area contributed by atoms with E-state index in [1.54, 1.807) is 6.07 Å². The molecule has 0 radical (unpaired) electrons. The van der Waals surface area contributed by atoms with Crippen LogP contribution in [0.25, 0.3) is 0 Å². The van der Waals surface area contributed by atoms with Crippen LogP contribution in [0.1, 0.15) is 28.9 Å². The summed E-state index contributed by atoms with van der Waals surface area (Å²) in [4.78, 5) is 34.2. The number of benzene rings is 1. The zero-order valence-corrected chi connectivity index (χ0v) is 9.80. The maximum atomic E-state index is 11.8. The first kappa shape index (κ1) is 11.5. The van der Waals surface area contributed by atoms with Crippen molar-refractivity contribution in [2.75, 3.05) is 6.79 Å². The van der Waals surface area contributed by atoms with E-state index in [-0.39, 0.29) is 18.1 Å². The highest BCUT2D eigenvalue weighted by molar-refractivity contribution is 6.03. The average molecular weight is 264 g/mol. The largest absolute Gasteiger partial charge is 0.454 e. The molecule has 3 rings (SSSR count). The van der Waals surface area contributed by atoms with E-state index in [0.29, 0.717) is 11.3 Å². The van der Waals surface area contributed by atoms with Crippen molar-refractivity contribution in [3.63, 3.8) is 0 Å². The number of cyclic esters (lactones) is 1. The number of esters is 3. The number of fused-ring (bicyclic) bond motifs is 3. The first-order chi connectivity index (χ1) is 9.08. The van der Waals surface area contributed by atoms with Gasteiger partial charge in [0.15, 0.2) is 11.5 Å². The number of carbonyl (C=O) groups excluding carboxylic acids is 3. The molecule has 7 nitrogen and oxygen atoms in total. The fourth-order valence-electron chi connectivity index (χ4n) is 2.02. The summed E-state index contributed by atoms with van der Waals surface area (Å²) in [6.07, 6.45) is -1.25. The van der Waals surface area contributed by atoms with Crippen molar-refractivity contribution >= 4 is 17.9 Å². The van der Waals surface area contributed by atoms with Gasteiger partial charge in [0.1, 0.15) is 5.56 Å². The maximum Gasteiger partial charge on any atom is 0.359 e. The highest BCUT2D eigenvalue weighted by Gasteiger charge is 2.42. The van der Waals surface area contributed by atoms with Crippen molar-refractivity contribution in [2.45, 2.75) is 13.0 Å². The van der Waals surface area contributed by atoms with Gasteiger partial charge in [0.05, 0.1) is 0 Å². The van der Waals surface area contributed by atoms with E-state index in [1.165, 1.54) is 6.07 Å². The molecule has 1 unspecified atom stereocenters. The lowest BCUT2D eigenvalue weighted by molar-refractivity contribution is -0.164. The lowest BCUT2D eigenvalue weighted by Gasteiger charge is -2.07. The molecule has 0 saturated carbocycles. The van der Waals surface area contributed by atoms with Crippen LogP contribution >= 0.6 is 0 Å². The van der Waals surface area contributed by atoms with Crippen molar-refractivity contribution in [3.8, 4) is 11.5 Å². The van der Waals surface area contributed by atoms with Crippen LogP contribution in [-0.2, 0) is 19.1 Å². The minimum atomic E-state index is -1.25. The molecule has 2 aliphatic rings. The average Bonchev–Trinajstić information content (AvgIpc) is 2.91. The zero-order chi connectivity index (χ0) is 13.6. The van der Waals surface area contributed by atoms with Gasteiger partial charge in [-0.25, -0.2) is 9.59 Å². The molecule has 0 amide bonds. The Balaban J connectivity index is 2.02. The monoisotopic (exact) mass is 264 g/mol. The molecular formula is C12H8O7. The van der Waals surface area contributed by atoms with Gasteiger partial charge in [-0.3, -0.25) is 4.79 Å². The zero-order valence-electron chi connectivity index (χ0n) is 9.80. The molecule has 0 saturated heterocycles. The van der Waals surface area contributed by atoms with E-state index in [9.17, 15) is 14.4 Å². The molecule has 0 aromatic heterocycles. The van der Waals surface area contributed by atoms with Crippen LogP contribution in [-0.4, -0.2) is 24.7 Å². The number of ether oxygens (including phenoxy) is 4. The van der Waals surface area contributed by atoms with Crippen LogP contribution in [0.2, 0.25) is 0 Å². The Morgan fingerprint density at radius 1 is 1.32 bits per heavy atom. The summed E-state index contributed by atoms with van der Waals surface area (Å²) in [6, 6.07) is 3.08. The fourth-order valence-corrected chi connectivity index (χ4v) is 2.02. The third-order valence-corrected chi connectivity index (χ3v) is 2.74. The first-order valence-corrected chi connectivity index (χ1v) is 5.43. The van der Waals surface area contributed by atoms with E-state index < -0.39 is 24.0 Å². The third kappa shape index (κ3) is 1.70. The molecule has 0 N–H and O–H groups in total. The van der Waals surface area contributed by atoms with Gasteiger partial charge in [-0.2, -0.15) is 0 Å². The molecule has 1 aromatic rings. The van der Waals surface area contributed by atoms with E-state index in [4.69, 9.17) is 14.2 Å². The Labute approximate surface area is 107 Å². The number of hydrogen-bond donors (Lipinski definition) is 0. The molecule has 0 spiro atoms. The van der Waals surface area contributed by atoms with E-state index in [2.05, 4.69) is 4.74 Å². The van der Waals surface area contributed by atoms with Gasteiger partial charge in [0.2, 0.25) is 12.9 Å². The van der Waals surface area contributed by atoms with Gasteiger partial charge in [0, 0.05) is 12.5 Å². The molecule has 0 aliphatic carbocycles. The van der Waals surface area contributed by atoms with Gasteiger partial charge in [-0.1, -0.05) is 0 Å². The minimum Gasteiger partial charge on any atom is -0.454 e. The highest BCUT2D eigenvalue weighted by Crippen LogP contribution is 2.44. The Hall–Kier alpha value is -2.57. The van der Waals surface area contributed by atoms with E-state index in [1.807, 2.05) is 0 Å². The molecule has 7 heteroatoms. The van der Waals surface area contributed by atoms with Crippen molar-refractivity contribution < 1.29 is 33.3 Å². The molecule has 2 heterocycles. The molecular weight excluding hydrogens is 256 g/mol. The summed E-state index contributed by atoms with van der Waals surface area (Å²) in [5, 5.41) is 0. The summed E-state index contributed by atoms with van der Waals surface area (Å²) >= 11 is 0. The fraction of sp³-hybridized carbons (Fsp3) is 0.250. The highest BCUT2D eigenvalue weighted by atomic mass is 16.7. The normalized spacial score (nSPS) is 18.8. The van der Waals surface area contributed by atoms with Crippen molar-refractivity contribution in [1.82, 2.24) is 0 Å². The van der Waals surface area contributed by atoms with Crippen LogP contribution < -0.4 is 9.47 Å². The predicted octanol–water partition coefficient (Wildman–Crippen LogP) is 0.716. The second-order valence-electron chi connectivity index (χ2n) is 3.96. The van der Waals surface area contributed by atoms with Gasteiger partial charge >= 0.3 is 17.9 Å². The van der Waals surface area contributed by atoms with Crippen molar-refractivity contribution in [1.29, 1.82) is 0 Å². The third-order valence-electron chi connectivity index (χ3n) is 2.74. The molecule has 2 aliphatic heterocycles. The molecule has 1 aromatic carbocycles. The van der Waals surface area contributed by atoms with Crippen molar-refractivity contribution in [2.24, 2.45) is 0 Å². The van der Waals surface area contributed by atoms with E-state index in [0.717, 1.165) is 6.92 Å². The minimum absolute atomic E-state index is 0.00161. The van der Waals surface area contributed by atoms with E-state index >= 15 is 0 Å². The van der Waals surface area contributed by atoms with Crippen molar-refractivity contribution in [3.05, 3.63) is 23.3 Å². The first-order valence-electron chi connectivity index (χ1n) is 5.43. The van der Waals surface area contributed by atoms with Gasteiger partial charge in [-0.15, -0.1) is 0 Å². The lowest BCUT2D eigenvalue weighted by Crippen LogP contribution is -2.18. The predicted molar refractivity (Wildman–Crippen MR) is 57.5 cm³/mol. The summed E-state index contributed by atoms with van der Waals surface area (Å²) in [7, 11) is 0. The quantitative estimate of drug-likeness (QED) is 0.545. The standard InChI is InChI=1S/C12H8O7/c1-5(13)18-12(15)9-6-2-3-7-10(17-4-16-7)8(6)11(14)19-9/h2-3,9H,4H2,1H3. The summed E-state index contributed by atoms with van der Waals surface area (Å²) in [5.41, 5.74) is 0.445. The van der Waals surface area contributed by atoms with Crippen LogP contribution in [0.5, 0.6) is 11.5 Å². The van der Waals surface area contributed by atoms with Gasteiger partial charge in [0.25, 0.3) is 0 Å². The van der Waals surface area contributed by atoms with Gasteiger partial charge in [-0.05, 0) is 12.1 Å². The number of carbonyl (C=O) groups is 3. The lowest BCUT2D eigenvalue weighted by atomic mass is 10.0. The second kappa shape index (κ2) is 3.98. The number of rotatable bonds is 1. The number of hydrogen-bond acceptors (Lipinski definition) is 7. The van der Waals surface area contributed by atoms with Crippen LogP contribution in [0.3, 0.4) is 0 Å². The Bertz CT molecular complexity index is 604. The SMILES string of the molecule is CC(=O)OC(=O)C1OC(=O)c2c1ccc1c2OCO1. The Morgan fingerprint density at radius 3 is 2.84 bits per heavy atom. The molecule has 0 bridgehead atoms. The molecule has 98 valence electrons. The molecule has 0 fully saturated rings. The van der Waals surface area contributed by atoms with Crippen LogP contribution in [0.15, 0.2) is 12.1 Å². The summed E-state index contributed by atoms with van der Waals surface area (Å²) in [6.45, 7) is 1.09. The second-order valence-corrected chi connectivity index (χ2v) is 3.96. The maximum absolute atomic E-state index is 11.8.